The van der Waals surface area contributed by atoms with Gasteiger partial charge in [-0.05, 0) is 234 Å². The second-order valence-electron chi connectivity index (χ2n) is 40.9. The molecule has 4 aliphatic rings. The van der Waals surface area contributed by atoms with Crippen molar-refractivity contribution in [2.24, 2.45) is 0 Å². The van der Waals surface area contributed by atoms with Gasteiger partial charge in [0.2, 0.25) is 13.4 Å². The van der Waals surface area contributed by atoms with Crippen molar-refractivity contribution in [2.45, 2.75) is 177 Å². The lowest BCUT2D eigenvalue weighted by atomic mass is 9.31. The fraction of sp³-hybridized carbons (Fsp3) is 0.211. The van der Waals surface area contributed by atoms with E-state index < -0.39 is 0 Å². The molecule has 122 heavy (non-hydrogen) atoms. The normalized spacial score (nSPS) is 13.9. The first-order valence-corrected chi connectivity index (χ1v) is 45.2. The Labute approximate surface area is 729 Å². The third-order valence-electron chi connectivity index (χ3n) is 26.4. The summed E-state index contributed by atoms with van der Waals surface area (Å²) < 4.78 is 13.3. The van der Waals surface area contributed by atoms with E-state index in [4.69, 9.17) is 8.83 Å². The zero-order chi connectivity index (χ0) is 84.3. The molecule has 21 rings (SSSR count). The number of para-hydroxylation sites is 3. The quantitative estimate of drug-likeness (QED) is 0.141. The Bertz CT molecular complexity index is 7070. The third-order valence-corrected chi connectivity index (χ3v) is 28.7. The van der Waals surface area contributed by atoms with Crippen LogP contribution in [0.5, 0.6) is 0 Å². The van der Waals surface area contributed by atoms with Gasteiger partial charge >= 0.3 is 0 Å². The van der Waals surface area contributed by atoms with Gasteiger partial charge in [0.05, 0.1) is 5.69 Å². The van der Waals surface area contributed by atoms with E-state index in [9.17, 15) is 0 Å². The minimum atomic E-state index is -0.222. The van der Waals surface area contributed by atoms with Crippen molar-refractivity contribution >= 4 is 148 Å². The first kappa shape index (κ1) is 77.6. The molecule has 8 heteroatoms. The Morgan fingerprint density at radius 1 is 0.230 bits per heavy atom. The first-order valence-electron chi connectivity index (χ1n) is 43.5. The minimum Gasteiger partial charge on any atom is -0.456 e. The van der Waals surface area contributed by atoms with Crippen molar-refractivity contribution in [1.29, 1.82) is 0 Å². The SMILES string of the molecule is CC(C)(C)c1cc(-c2ccc3c(c2)Sc2cc(-c4ccc5oc6ccccc6c5c4)cc4c2B3c2cc3c(cc2N4c2cc(C(C)(C)C)cc(C(C)(C)C)c2)N(c2c(-c4ccccc4)cccc2-c2ccccc2)c2cc(-c4ccc5oc6ccccc6c5c4)cc4c2B3c2ccc(-c3cc(C(C)(C)C)cc(C(C)(C)C)c3)cc2S4)cc(C(C)(C)C)c1. The van der Waals surface area contributed by atoms with E-state index >= 15 is 0 Å². The molecule has 4 nitrogen and oxygen atoms in total. The van der Waals surface area contributed by atoms with Gasteiger partial charge in [0.1, 0.15) is 22.3 Å². The summed E-state index contributed by atoms with van der Waals surface area (Å²) in [7, 11) is 0. The molecule has 0 fully saturated rings. The first-order chi connectivity index (χ1) is 58.2. The summed E-state index contributed by atoms with van der Waals surface area (Å²) in [6, 6.07) is 113. The van der Waals surface area contributed by atoms with Crippen molar-refractivity contribution < 1.29 is 8.83 Å². The second-order valence-corrected chi connectivity index (χ2v) is 43.1. The fourth-order valence-corrected chi connectivity index (χ4v) is 21.9. The summed E-state index contributed by atoms with van der Waals surface area (Å²) >= 11 is 3.89. The van der Waals surface area contributed by atoms with Gasteiger partial charge in [-0.1, -0.05) is 359 Å². The Kier molecular flexibility index (Phi) is 17.8. The highest BCUT2D eigenvalue weighted by Crippen LogP contribution is 2.55. The van der Waals surface area contributed by atoms with Crippen LogP contribution in [0.1, 0.15) is 158 Å². The predicted molar refractivity (Wildman–Crippen MR) is 526 cm³/mol. The molecule has 0 atom stereocenters. The lowest BCUT2D eigenvalue weighted by Crippen LogP contribution is -2.64. The van der Waals surface area contributed by atoms with Gasteiger partial charge in [-0.15, -0.1) is 0 Å². The Balaban J connectivity index is 0.910. The lowest BCUT2D eigenvalue weighted by Gasteiger charge is -2.45. The highest BCUT2D eigenvalue weighted by Gasteiger charge is 2.48. The molecule has 4 aliphatic heterocycles. The maximum atomic E-state index is 6.65. The molecule has 2 aromatic heterocycles. The third kappa shape index (κ3) is 13.1. The number of hydrogen-bond donors (Lipinski definition) is 0. The Morgan fingerprint density at radius 3 is 0.975 bits per heavy atom. The average Bonchev–Trinajstić information content (AvgIpc) is 0.802. The Hall–Kier alpha value is -11.7. The Morgan fingerprint density at radius 2 is 0.566 bits per heavy atom. The van der Waals surface area contributed by atoms with E-state index in [0.29, 0.717) is 0 Å². The zero-order valence-electron chi connectivity index (χ0n) is 73.4. The van der Waals surface area contributed by atoms with Crippen molar-refractivity contribution in [3.05, 3.63) is 325 Å². The van der Waals surface area contributed by atoms with Crippen molar-refractivity contribution in [3.8, 4) is 66.8 Å². The second kappa shape index (κ2) is 27.9. The predicted octanol–water partition coefficient (Wildman–Crippen LogP) is 28.8. The van der Waals surface area contributed by atoms with Crippen molar-refractivity contribution in [3.63, 3.8) is 0 Å². The average molecular weight is 1620 g/mol. The van der Waals surface area contributed by atoms with Crippen LogP contribution in [-0.2, 0) is 32.5 Å². The van der Waals surface area contributed by atoms with E-state index in [0.717, 1.165) is 117 Å². The molecular formula is C114H102B2N2O2S2. The highest BCUT2D eigenvalue weighted by atomic mass is 32.2. The molecule has 0 saturated carbocycles. The van der Waals surface area contributed by atoms with Gasteiger partial charge in [-0.3, -0.25) is 0 Å². The van der Waals surface area contributed by atoms with Crippen LogP contribution in [0.3, 0.4) is 0 Å². The summed E-state index contributed by atoms with van der Waals surface area (Å²) in [4.78, 5) is 10.5. The summed E-state index contributed by atoms with van der Waals surface area (Å²) in [5.41, 5.74) is 39.5. The molecule has 0 radical (unpaired) electrons. The van der Waals surface area contributed by atoms with Crippen molar-refractivity contribution in [1.82, 2.24) is 0 Å². The van der Waals surface area contributed by atoms with Crippen LogP contribution in [-0.4, -0.2) is 13.4 Å². The maximum absolute atomic E-state index is 6.65. The molecule has 0 spiro atoms. The van der Waals surface area contributed by atoms with Gasteiger partial charge in [0.15, 0.2) is 0 Å². The fourth-order valence-electron chi connectivity index (χ4n) is 19.4. The number of rotatable bonds is 8. The van der Waals surface area contributed by atoms with Gasteiger partial charge in [0, 0.05) is 80.7 Å². The number of nitrogens with zero attached hydrogens (tertiary/aromatic N) is 2. The summed E-state index contributed by atoms with van der Waals surface area (Å²) in [5, 5.41) is 4.42. The summed E-state index contributed by atoms with van der Waals surface area (Å²) in [6.07, 6.45) is 0. The molecule has 0 aliphatic carbocycles. The highest BCUT2D eigenvalue weighted by molar-refractivity contribution is 8.00. The smallest absolute Gasteiger partial charge is 0.249 e. The van der Waals surface area contributed by atoms with Crippen LogP contribution in [0.15, 0.2) is 320 Å². The molecule has 0 saturated heterocycles. The largest absolute Gasteiger partial charge is 0.456 e. The molecule has 15 aromatic carbocycles. The van der Waals surface area contributed by atoms with E-state index in [1.807, 2.05) is 23.5 Å². The van der Waals surface area contributed by atoms with Gasteiger partial charge in [0.25, 0.3) is 0 Å². The van der Waals surface area contributed by atoms with Crippen LogP contribution >= 0.6 is 23.5 Å². The monoisotopic (exact) mass is 1620 g/mol. The molecule has 17 aromatic rings. The molecule has 0 N–H and O–H groups in total. The molecule has 0 amide bonds. The van der Waals surface area contributed by atoms with E-state index in [1.54, 1.807) is 0 Å². The van der Waals surface area contributed by atoms with Gasteiger partial charge in [-0.2, -0.15) is 0 Å². The van der Waals surface area contributed by atoms with Crippen LogP contribution < -0.4 is 42.6 Å². The number of furan rings is 2. The lowest BCUT2D eigenvalue weighted by molar-refractivity contribution is 0.568. The number of benzene rings is 15. The number of anilines is 6. The van der Waals surface area contributed by atoms with E-state index in [1.165, 1.54) is 114 Å². The van der Waals surface area contributed by atoms with E-state index in [2.05, 4.69) is 426 Å². The van der Waals surface area contributed by atoms with Crippen molar-refractivity contribution in [2.75, 3.05) is 9.80 Å². The molecular weight excluding hydrogens is 1520 g/mol. The molecule has 6 heterocycles. The number of fused-ring (bicyclic) bond motifs is 14. The molecule has 0 unspecified atom stereocenters. The van der Waals surface area contributed by atoms with Crippen LogP contribution in [0.4, 0.5) is 34.1 Å². The van der Waals surface area contributed by atoms with Gasteiger partial charge in [-0.25, -0.2) is 0 Å². The molecule has 598 valence electrons. The van der Waals surface area contributed by atoms with Gasteiger partial charge < -0.3 is 18.6 Å². The number of hydrogen-bond acceptors (Lipinski definition) is 6. The van der Waals surface area contributed by atoms with Crippen LogP contribution in [0, 0.1) is 0 Å². The van der Waals surface area contributed by atoms with Crippen LogP contribution in [0.2, 0.25) is 0 Å². The zero-order valence-corrected chi connectivity index (χ0v) is 75.0. The maximum Gasteiger partial charge on any atom is 0.249 e. The van der Waals surface area contributed by atoms with E-state index in [-0.39, 0.29) is 45.9 Å². The molecule has 0 bridgehead atoms. The topological polar surface area (TPSA) is 32.8 Å². The minimum absolute atomic E-state index is 0.0709. The standard InChI is InChI=1S/C114H102B2N2O2S2/c1-109(2,3)77-48-73(49-78(60-77)110(4,5)6)71-40-44-90-102(56-71)121-104-58-75(69-42-46-100-88(52-69)86-34-25-27-38-98(86)119-100)54-96-106(104)115(90)92-65-93-95(66-94(92)117(96)83-63-81(113(13,14)15)62-82(64-83)114(16,17)18)118(108-84(67-30-21-19-22-31-67)36-29-37-85(108)68-32-23-20-24-33-68)97-55-76(70-43-47-101-89(53-70)87-35-26-28-39-99(87)120-101)59-105-107(97)116(93)91-45-41-72(57-103(91)122-105)74-50-79(111(7,8)9)61-80(51-74)112(10,11)12/h19-66H,1-18H3. The summed E-state index contributed by atoms with van der Waals surface area (Å²) in [6.45, 7) is 42.1. The van der Waals surface area contributed by atoms with Crippen LogP contribution in [0.25, 0.3) is 111 Å². The summed E-state index contributed by atoms with van der Waals surface area (Å²) in [5.74, 6) is 0.